The molecule has 0 bridgehead atoms. The molecule has 0 aromatic heterocycles. The summed E-state index contributed by atoms with van der Waals surface area (Å²) < 4.78 is 32.1. The third-order valence-corrected chi connectivity index (χ3v) is 3.81. The second kappa shape index (κ2) is 7.98. The Morgan fingerprint density at radius 3 is 2.22 bits per heavy atom. The molecule has 0 saturated heterocycles. The van der Waals surface area contributed by atoms with E-state index >= 15 is 0 Å². The van der Waals surface area contributed by atoms with Crippen molar-refractivity contribution in [3.05, 3.63) is 0 Å². The minimum atomic E-state index is -3.62. The molecule has 0 spiro atoms. The Labute approximate surface area is 109 Å². The zero-order valence-electron chi connectivity index (χ0n) is 10.9. The van der Waals surface area contributed by atoms with Crippen molar-refractivity contribution in [2.75, 3.05) is 25.5 Å². The van der Waals surface area contributed by atoms with Crippen LogP contribution >= 0.6 is 0 Å². The van der Waals surface area contributed by atoms with Crippen LogP contribution in [0.5, 0.6) is 0 Å². The van der Waals surface area contributed by atoms with E-state index in [-0.39, 0.29) is 37.7 Å². The molecule has 0 amide bonds. The van der Waals surface area contributed by atoms with Gasteiger partial charge in [0.15, 0.2) is 0 Å². The fourth-order valence-corrected chi connectivity index (χ4v) is 2.46. The van der Waals surface area contributed by atoms with Gasteiger partial charge in [-0.1, -0.05) is 0 Å². The van der Waals surface area contributed by atoms with Gasteiger partial charge in [-0.25, -0.2) is 0 Å². The molecule has 6 nitrogen and oxygen atoms in total. The van der Waals surface area contributed by atoms with Crippen LogP contribution in [0.2, 0.25) is 0 Å². The summed E-state index contributed by atoms with van der Waals surface area (Å²) in [6.45, 7) is 3.82. The topological polar surface area (TPSA) is 104 Å². The molecular formula is C10H22BNO5S. The van der Waals surface area contributed by atoms with Gasteiger partial charge in [0.25, 0.3) is 0 Å². The van der Waals surface area contributed by atoms with Crippen LogP contribution in [-0.4, -0.2) is 56.1 Å². The van der Waals surface area contributed by atoms with Crippen molar-refractivity contribution in [1.29, 1.82) is 0 Å². The molecule has 0 fully saturated rings. The average molecular weight is 279 g/mol. The molecule has 106 valence electrons. The van der Waals surface area contributed by atoms with Gasteiger partial charge in [-0.2, -0.15) is 0 Å². The average Bonchev–Trinajstić information content (AvgIpc) is 2.32. The monoisotopic (exact) mass is 279 g/mol. The summed E-state index contributed by atoms with van der Waals surface area (Å²) in [4.78, 5) is 0. The van der Waals surface area contributed by atoms with Crippen LogP contribution in [0.3, 0.4) is 0 Å². The van der Waals surface area contributed by atoms with Gasteiger partial charge in [-0.05, 0) is 0 Å². The van der Waals surface area contributed by atoms with Crippen LogP contribution in [0.1, 0.15) is 26.7 Å². The Balaban J connectivity index is 4.25. The van der Waals surface area contributed by atoms with Crippen molar-refractivity contribution >= 4 is 16.1 Å². The van der Waals surface area contributed by atoms with Crippen molar-refractivity contribution in [2.24, 2.45) is 5.92 Å². The van der Waals surface area contributed by atoms with E-state index < -0.39 is 15.2 Å². The Morgan fingerprint density at radius 1 is 1.28 bits per heavy atom. The molecule has 8 heteroatoms. The Hall–Kier alpha value is -0.305. The maximum absolute atomic E-state index is 10.9. The molecule has 0 aliphatic carbocycles. The minimum absolute atomic E-state index is 0.0492. The first-order valence-corrected chi connectivity index (χ1v) is 7.67. The van der Waals surface area contributed by atoms with Gasteiger partial charge in [0.05, 0.1) is 0 Å². The second-order valence-electron chi connectivity index (χ2n) is 4.94. The van der Waals surface area contributed by atoms with Crippen molar-refractivity contribution < 1.29 is 23.3 Å². The van der Waals surface area contributed by atoms with E-state index in [1.807, 2.05) is 13.8 Å². The number of hydrogen-bond donors (Lipinski definition) is 3. The molecule has 18 heavy (non-hydrogen) atoms. The maximum atomic E-state index is 10.9. The predicted octanol–water partition coefficient (Wildman–Crippen LogP) is -0.885. The number of rotatable bonds is 10. The first-order chi connectivity index (χ1) is 8.31. The third-order valence-electron chi connectivity index (χ3n) is 2.66. The molecule has 0 aromatic carbocycles. The Bertz CT molecular complexity index is 340. The SMILES string of the molecule is CC(C)CC(CO)(CO)NCCCS(=O)(=O)B=O. The van der Waals surface area contributed by atoms with Gasteiger partial charge < -0.3 is 0 Å². The second-order valence-corrected chi connectivity index (χ2v) is 6.86. The third kappa shape index (κ3) is 6.58. The van der Waals surface area contributed by atoms with Crippen LogP contribution < -0.4 is 5.32 Å². The fraction of sp³-hybridized carbons (Fsp3) is 1.00. The normalized spacial score (nSPS) is 12.7. The molecule has 0 aromatic rings. The molecule has 0 saturated carbocycles. The van der Waals surface area contributed by atoms with Crippen LogP contribution in [0.25, 0.3) is 0 Å². The van der Waals surface area contributed by atoms with E-state index in [4.69, 9.17) is 0 Å². The van der Waals surface area contributed by atoms with Crippen LogP contribution in [0.15, 0.2) is 0 Å². The quantitative estimate of drug-likeness (QED) is 0.354. The number of aliphatic hydroxyl groups is 2. The Morgan fingerprint density at radius 2 is 1.83 bits per heavy atom. The molecule has 0 aliphatic rings. The summed E-state index contributed by atoms with van der Waals surface area (Å²) in [5, 5.41) is 21.6. The van der Waals surface area contributed by atoms with Gasteiger partial charge in [-0.3, -0.25) is 0 Å². The van der Waals surface area contributed by atoms with E-state index in [1.165, 1.54) is 0 Å². The summed E-state index contributed by atoms with van der Waals surface area (Å²) in [5.41, 5.74) is -0.793. The molecule has 0 radical (unpaired) electrons. The van der Waals surface area contributed by atoms with Crippen molar-refractivity contribution in [2.45, 2.75) is 32.2 Å². The molecular weight excluding hydrogens is 257 g/mol. The van der Waals surface area contributed by atoms with Crippen molar-refractivity contribution in [3.8, 4) is 0 Å². The summed E-state index contributed by atoms with van der Waals surface area (Å²) in [7, 11) is -3.62. The molecule has 0 heterocycles. The zero-order chi connectivity index (χ0) is 14.2. The van der Waals surface area contributed by atoms with Crippen LogP contribution in [0.4, 0.5) is 0 Å². The molecule has 0 unspecified atom stereocenters. The standard InChI is InChI=1S/C10H22BNO5S/c1-9(2)6-10(7-13,8-14)12-4-3-5-18(16,17)11-15/h9,12-14H,3-8H2,1-2H3. The van der Waals surface area contributed by atoms with Crippen molar-refractivity contribution in [1.82, 2.24) is 5.32 Å². The van der Waals surface area contributed by atoms with Gasteiger partial charge in [0.2, 0.25) is 0 Å². The molecule has 0 aliphatic heterocycles. The van der Waals surface area contributed by atoms with E-state index in [9.17, 15) is 23.3 Å². The van der Waals surface area contributed by atoms with E-state index in [2.05, 4.69) is 5.32 Å². The van der Waals surface area contributed by atoms with Gasteiger partial charge in [0.1, 0.15) is 0 Å². The molecule has 0 atom stereocenters. The molecule has 0 rings (SSSR count). The summed E-state index contributed by atoms with van der Waals surface area (Å²) >= 11 is 0. The number of nitrogens with one attached hydrogen (secondary N) is 1. The summed E-state index contributed by atoms with van der Waals surface area (Å²) in [6.07, 6.45) is 0.799. The van der Waals surface area contributed by atoms with Gasteiger partial charge in [0, 0.05) is 0 Å². The van der Waals surface area contributed by atoms with Crippen molar-refractivity contribution in [3.63, 3.8) is 0 Å². The van der Waals surface area contributed by atoms with E-state index in [0.29, 0.717) is 13.0 Å². The van der Waals surface area contributed by atoms with Crippen LogP contribution in [0, 0.1) is 5.92 Å². The van der Waals surface area contributed by atoms with Gasteiger partial charge in [-0.15, -0.1) is 0 Å². The zero-order valence-corrected chi connectivity index (χ0v) is 11.7. The van der Waals surface area contributed by atoms with Crippen LogP contribution in [-0.2, 0) is 14.4 Å². The van der Waals surface area contributed by atoms with Gasteiger partial charge >= 0.3 is 108 Å². The van der Waals surface area contributed by atoms with E-state index in [1.54, 1.807) is 0 Å². The Kier molecular flexibility index (Phi) is 7.85. The molecule has 3 N–H and O–H groups in total. The number of hydrogen-bond acceptors (Lipinski definition) is 6. The fourth-order valence-electron chi connectivity index (χ4n) is 1.82. The van der Waals surface area contributed by atoms with E-state index in [0.717, 1.165) is 0 Å². The number of aliphatic hydroxyl groups excluding tert-OH is 2. The summed E-state index contributed by atoms with van der Waals surface area (Å²) in [6, 6.07) is 0. The summed E-state index contributed by atoms with van der Waals surface area (Å²) in [5.74, 6) is 0.0634. The first kappa shape index (κ1) is 17.7. The first-order valence-electron chi connectivity index (χ1n) is 5.95. The predicted molar refractivity (Wildman–Crippen MR) is 69.2 cm³/mol.